The molecule has 3 N–H and O–H groups in total. The molecule has 0 aromatic heterocycles. The molecule has 1 aliphatic carbocycles. The second-order valence-electron chi connectivity index (χ2n) is 3.57. The van der Waals surface area contributed by atoms with Crippen LogP contribution in [0.1, 0.15) is 24.4 Å². The Bertz CT molecular complexity index is 323. The summed E-state index contributed by atoms with van der Waals surface area (Å²) in [5, 5.41) is 9.42. The molecule has 0 heterocycles. The summed E-state index contributed by atoms with van der Waals surface area (Å²) in [7, 11) is 0. The first-order chi connectivity index (χ1) is 6.18. The van der Waals surface area contributed by atoms with Gasteiger partial charge < -0.3 is 10.8 Å². The van der Waals surface area contributed by atoms with E-state index in [1.165, 1.54) is 6.07 Å². The quantitative estimate of drug-likeness (QED) is 0.732. The molecule has 1 unspecified atom stereocenters. The standard InChI is InChI=1S/C10H12FNO/c11-7-3-4-8(9(13)5-7)10(12)6-1-2-6/h3-6,10,13H,1-2,12H2. The van der Waals surface area contributed by atoms with Gasteiger partial charge in [-0.3, -0.25) is 0 Å². The maximum absolute atomic E-state index is 12.6. The topological polar surface area (TPSA) is 46.2 Å². The van der Waals surface area contributed by atoms with Gasteiger partial charge in [-0.2, -0.15) is 0 Å². The van der Waals surface area contributed by atoms with E-state index in [1.807, 2.05) is 0 Å². The zero-order valence-electron chi connectivity index (χ0n) is 7.20. The van der Waals surface area contributed by atoms with Gasteiger partial charge in [0, 0.05) is 17.7 Å². The molecular weight excluding hydrogens is 169 g/mol. The van der Waals surface area contributed by atoms with Crippen molar-refractivity contribution in [2.45, 2.75) is 18.9 Å². The number of halogens is 1. The van der Waals surface area contributed by atoms with Crippen molar-refractivity contribution >= 4 is 0 Å². The van der Waals surface area contributed by atoms with E-state index in [9.17, 15) is 9.50 Å². The zero-order valence-corrected chi connectivity index (χ0v) is 7.20. The maximum atomic E-state index is 12.6. The highest BCUT2D eigenvalue weighted by Gasteiger charge is 2.30. The van der Waals surface area contributed by atoms with Gasteiger partial charge in [0.15, 0.2) is 0 Å². The summed E-state index contributed by atoms with van der Waals surface area (Å²) in [5.74, 6) is 0.0139. The number of benzene rings is 1. The molecule has 13 heavy (non-hydrogen) atoms. The molecule has 1 aromatic rings. The molecule has 70 valence electrons. The number of hydrogen-bond donors (Lipinski definition) is 2. The van der Waals surface area contributed by atoms with Gasteiger partial charge in [-0.25, -0.2) is 4.39 Å². The highest BCUT2D eigenvalue weighted by molar-refractivity contribution is 5.35. The molecular formula is C10H12FNO. The Morgan fingerprint density at radius 1 is 1.46 bits per heavy atom. The van der Waals surface area contributed by atoms with Crippen LogP contribution in [0, 0.1) is 11.7 Å². The van der Waals surface area contributed by atoms with Gasteiger partial charge in [-0.1, -0.05) is 6.07 Å². The van der Waals surface area contributed by atoms with Crippen LogP contribution < -0.4 is 5.73 Å². The molecule has 0 radical (unpaired) electrons. The van der Waals surface area contributed by atoms with E-state index in [2.05, 4.69) is 0 Å². The van der Waals surface area contributed by atoms with Gasteiger partial charge in [-0.15, -0.1) is 0 Å². The third-order valence-corrected chi connectivity index (χ3v) is 2.48. The van der Waals surface area contributed by atoms with Gasteiger partial charge in [0.1, 0.15) is 11.6 Å². The molecule has 3 heteroatoms. The minimum atomic E-state index is -0.427. The molecule has 0 bridgehead atoms. The molecule has 0 saturated heterocycles. The lowest BCUT2D eigenvalue weighted by molar-refractivity contribution is 0.450. The second-order valence-corrected chi connectivity index (χ2v) is 3.57. The predicted molar refractivity (Wildman–Crippen MR) is 47.7 cm³/mol. The lowest BCUT2D eigenvalue weighted by atomic mass is 10.0. The average Bonchev–Trinajstić information content (AvgIpc) is 2.85. The number of phenolic OH excluding ortho intramolecular Hbond substituents is 1. The lowest BCUT2D eigenvalue weighted by Crippen LogP contribution is -2.12. The number of aromatic hydroxyl groups is 1. The first-order valence-electron chi connectivity index (χ1n) is 4.42. The van der Waals surface area contributed by atoms with Gasteiger partial charge in [0.2, 0.25) is 0 Å². The second kappa shape index (κ2) is 3.00. The van der Waals surface area contributed by atoms with E-state index < -0.39 is 5.82 Å². The van der Waals surface area contributed by atoms with Crippen LogP contribution in [0.4, 0.5) is 4.39 Å². The van der Waals surface area contributed by atoms with E-state index in [0.717, 1.165) is 18.9 Å². The van der Waals surface area contributed by atoms with Gasteiger partial charge in [0.25, 0.3) is 0 Å². The molecule has 0 spiro atoms. The van der Waals surface area contributed by atoms with E-state index >= 15 is 0 Å². The summed E-state index contributed by atoms with van der Waals surface area (Å²) >= 11 is 0. The smallest absolute Gasteiger partial charge is 0.126 e. The molecule has 2 rings (SSSR count). The largest absolute Gasteiger partial charge is 0.508 e. The van der Waals surface area contributed by atoms with Crippen molar-refractivity contribution in [3.8, 4) is 5.75 Å². The van der Waals surface area contributed by atoms with Gasteiger partial charge in [-0.05, 0) is 24.8 Å². The Labute approximate surface area is 76.2 Å². The van der Waals surface area contributed by atoms with Crippen LogP contribution in [0.15, 0.2) is 18.2 Å². The van der Waals surface area contributed by atoms with Crippen molar-refractivity contribution in [1.82, 2.24) is 0 Å². The fourth-order valence-electron chi connectivity index (χ4n) is 1.51. The summed E-state index contributed by atoms with van der Waals surface area (Å²) in [4.78, 5) is 0. The van der Waals surface area contributed by atoms with Crippen LogP contribution in [-0.2, 0) is 0 Å². The van der Waals surface area contributed by atoms with Crippen molar-refractivity contribution in [2.75, 3.05) is 0 Å². The third-order valence-electron chi connectivity index (χ3n) is 2.48. The Balaban J connectivity index is 2.28. The minimum absolute atomic E-state index is 0.0283. The summed E-state index contributed by atoms with van der Waals surface area (Å²) in [6.45, 7) is 0. The van der Waals surface area contributed by atoms with E-state index in [1.54, 1.807) is 6.07 Å². The molecule has 1 saturated carbocycles. The Morgan fingerprint density at radius 3 is 2.69 bits per heavy atom. The Morgan fingerprint density at radius 2 is 2.15 bits per heavy atom. The lowest BCUT2D eigenvalue weighted by Gasteiger charge is -2.11. The average molecular weight is 181 g/mol. The molecule has 1 atom stereocenters. The van der Waals surface area contributed by atoms with E-state index in [0.29, 0.717) is 11.5 Å². The monoisotopic (exact) mass is 181 g/mol. The normalized spacial score (nSPS) is 18.6. The number of nitrogens with two attached hydrogens (primary N) is 1. The van der Waals surface area contributed by atoms with Crippen LogP contribution in [0.25, 0.3) is 0 Å². The Hall–Kier alpha value is -1.09. The first-order valence-corrected chi connectivity index (χ1v) is 4.42. The number of hydrogen-bond acceptors (Lipinski definition) is 2. The SMILES string of the molecule is NC(c1ccc(F)cc1O)C1CC1. The minimum Gasteiger partial charge on any atom is -0.508 e. The molecule has 0 amide bonds. The van der Waals surface area contributed by atoms with Crippen LogP contribution in [0.5, 0.6) is 5.75 Å². The molecule has 1 fully saturated rings. The summed E-state index contributed by atoms with van der Waals surface area (Å²) < 4.78 is 12.6. The predicted octanol–water partition coefficient (Wildman–Crippen LogP) is 1.94. The van der Waals surface area contributed by atoms with E-state index in [4.69, 9.17) is 5.73 Å². The molecule has 0 aliphatic heterocycles. The first kappa shape index (κ1) is 8.51. The molecule has 1 aromatic carbocycles. The van der Waals surface area contributed by atoms with Crippen LogP contribution >= 0.6 is 0 Å². The highest BCUT2D eigenvalue weighted by atomic mass is 19.1. The molecule has 1 aliphatic rings. The highest BCUT2D eigenvalue weighted by Crippen LogP contribution is 2.41. The van der Waals surface area contributed by atoms with Gasteiger partial charge >= 0.3 is 0 Å². The maximum Gasteiger partial charge on any atom is 0.126 e. The number of phenols is 1. The Kier molecular flexibility index (Phi) is 1.96. The fourth-order valence-corrected chi connectivity index (χ4v) is 1.51. The van der Waals surface area contributed by atoms with Crippen molar-refractivity contribution in [2.24, 2.45) is 11.7 Å². The van der Waals surface area contributed by atoms with Gasteiger partial charge in [0.05, 0.1) is 0 Å². The van der Waals surface area contributed by atoms with Crippen molar-refractivity contribution in [1.29, 1.82) is 0 Å². The van der Waals surface area contributed by atoms with Crippen LogP contribution in [0.2, 0.25) is 0 Å². The summed E-state index contributed by atoms with van der Waals surface area (Å²) in [6.07, 6.45) is 2.22. The van der Waals surface area contributed by atoms with Crippen LogP contribution in [-0.4, -0.2) is 5.11 Å². The third kappa shape index (κ3) is 1.65. The summed E-state index contributed by atoms with van der Waals surface area (Å²) in [6, 6.07) is 3.86. The summed E-state index contributed by atoms with van der Waals surface area (Å²) in [5.41, 5.74) is 6.53. The fraction of sp³-hybridized carbons (Fsp3) is 0.400. The number of rotatable bonds is 2. The van der Waals surface area contributed by atoms with E-state index in [-0.39, 0.29) is 11.8 Å². The van der Waals surface area contributed by atoms with Crippen molar-refractivity contribution < 1.29 is 9.50 Å². The van der Waals surface area contributed by atoms with Crippen molar-refractivity contribution in [3.05, 3.63) is 29.6 Å². The van der Waals surface area contributed by atoms with Crippen LogP contribution in [0.3, 0.4) is 0 Å². The van der Waals surface area contributed by atoms with Crippen molar-refractivity contribution in [3.63, 3.8) is 0 Å². The zero-order chi connectivity index (χ0) is 9.42. The molecule has 2 nitrogen and oxygen atoms in total.